The Hall–Kier alpha value is -2.54. The van der Waals surface area contributed by atoms with Crippen LogP contribution < -0.4 is 15.1 Å². The molecule has 0 radical (unpaired) electrons. The van der Waals surface area contributed by atoms with E-state index in [0.29, 0.717) is 12.0 Å². The van der Waals surface area contributed by atoms with E-state index in [4.69, 9.17) is 4.98 Å². The van der Waals surface area contributed by atoms with Crippen molar-refractivity contribution in [1.29, 1.82) is 0 Å². The molecule has 0 atom stereocenters. The lowest BCUT2D eigenvalue weighted by Gasteiger charge is -2.32. The predicted octanol–water partition coefficient (Wildman–Crippen LogP) is 4.19. The molecule has 5 rings (SSSR count). The molecule has 144 valence electrons. The van der Waals surface area contributed by atoms with Crippen molar-refractivity contribution in [2.24, 2.45) is 0 Å². The first-order chi connectivity index (χ1) is 13.7. The highest BCUT2D eigenvalue weighted by molar-refractivity contribution is 7.99. The van der Waals surface area contributed by atoms with Crippen molar-refractivity contribution in [3.63, 3.8) is 0 Å². The molecule has 0 spiro atoms. The van der Waals surface area contributed by atoms with Gasteiger partial charge in [-0.1, -0.05) is 6.07 Å². The second-order valence-electron chi connectivity index (χ2n) is 7.54. The molecule has 7 heteroatoms. The summed E-state index contributed by atoms with van der Waals surface area (Å²) in [6.45, 7) is 2.98. The van der Waals surface area contributed by atoms with Gasteiger partial charge in [-0.05, 0) is 55.0 Å². The summed E-state index contributed by atoms with van der Waals surface area (Å²) < 4.78 is 0. The first kappa shape index (κ1) is 17.6. The van der Waals surface area contributed by atoms with Crippen LogP contribution >= 0.6 is 11.8 Å². The van der Waals surface area contributed by atoms with Crippen molar-refractivity contribution in [3.05, 3.63) is 42.2 Å². The number of pyridine rings is 1. The van der Waals surface area contributed by atoms with E-state index in [1.165, 1.54) is 24.3 Å². The van der Waals surface area contributed by atoms with Crippen molar-refractivity contribution in [1.82, 2.24) is 15.0 Å². The molecule has 3 aromatic rings. The summed E-state index contributed by atoms with van der Waals surface area (Å²) in [6, 6.07) is 8.83. The smallest absolute Gasteiger partial charge is 0.229 e. The van der Waals surface area contributed by atoms with Crippen LogP contribution in [0.25, 0.3) is 10.9 Å². The first-order valence-corrected chi connectivity index (χ1v) is 10.9. The summed E-state index contributed by atoms with van der Waals surface area (Å²) in [4.78, 5) is 18.6. The third-order valence-electron chi connectivity index (χ3n) is 5.63. The second-order valence-corrected chi connectivity index (χ2v) is 8.77. The third-order valence-corrected chi connectivity index (χ3v) is 6.67. The molecule has 6 nitrogen and oxygen atoms in total. The Morgan fingerprint density at radius 1 is 1.18 bits per heavy atom. The van der Waals surface area contributed by atoms with Gasteiger partial charge in [-0.15, -0.1) is 0 Å². The largest absolute Gasteiger partial charge is 0.353 e. The molecular weight excluding hydrogens is 368 g/mol. The van der Waals surface area contributed by atoms with E-state index in [2.05, 4.69) is 69.0 Å². The number of rotatable bonds is 3. The van der Waals surface area contributed by atoms with Crippen LogP contribution in [0.5, 0.6) is 0 Å². The quantitative estimate of drug-likeness (QED) is 0.717. The van der Waals surface area contributed by atoms with E-state index in [1.807, 2.05) is 18.5 Å². The summed E-state index contributed by atoms with van der Waals surface area (Å²) >= 11 is 2.06. The number of hydrogen-bond acceptors (Lipinski definition) is 7. The number of nitrogens with one attached hydrogen (secondary N) is 1. The van der Waals surface area contributed by atoms with Crippen molar-refractivity contribution in [3.8, 4) is 0 Å². The molecule has 4 heterocycles. The number of fused-ring (bicyclic) bond motifs is 2. The van der Waals surface area contributed by atoms with E-state index in [9.17, 15) is 0 Å². The zero-order chi connectivity index (χ0) is 19.1. The molecule has 0 amide bonds. The van der Waals surface area contributed by atoms with Gasteiger partial charge in [0, 0.05) is 30.4 Å². The highest BCUT2D eigenvalue weighted by Gasteiger charge is 2.32. The summed E-state index contributed by atoms with van der Waals surface area (Å²) in [7, 11) is 2.12. The minimum absolute atomic E-state index is 0.571. The Kier molecular flexibility index (Phi) is 4.47. The normalized spacial score (nSPS) is 17.2. The van der Waals surface area contributed by atoms with E-state index >= 15 is 0 Å². The number of thioether (sulfide) groups is 1. The van der Waals surface area contributed by atoms with Gasteiger partial charge in [-0.2, -0.15) is 16.7 Å². The molecule has 0 bridgehead atoms. The standard InChI is InChI=1S/C21H24N6S/c1-14-10-18-15(4-3-7-22-18)11-17(14)24-21-23-12-19-20(25-21)27(13-26(19)2)16-5-8-28-9-6-16/h3-4,7,10-12,16H,5-6,8-9,13H2,1-2H3,(H,23,24,25). The second kappa shape index (κ2) is 7.13. The Morgan fingerprint density at radius 3 is 2.89 bits per heavy atom. The fourth-order valence-corrected chi connectivity index (χ4v) is 5.13. The van der Waals surface area contributed by atoms with Gasteiger partial charge in [0.2, 0.25) is 5.95 Å². The van der Waals surface area contributed by atoms with Crippen molar-refractivity contribution >= 4 is 45.8 Å². The summed E-state index contributed by atoms with van der Waals surface area (Å²) in [5, 5.41) is 4.54. The zero-order valence-electron chi connectivity index (χ0n) is 16.2. The van der Waals surface area contributed by atoms with Gasteiger partial charge in [0.15, 0.2) is 5.82 Å². The molecule has 0 aliphatic carbocycles. The minimum atomic E-state index is 0.571. The molecule has 2 aliphatic heterocycles. The SMILES string of the molecule is Cc1cc2ncccc2cc1Nc1ncc2c(n1)N(C1CCSCC1)CN2C. The summed E-state index contributed by atoms with van der Waals surface area (Å²) in [5.74, 6) is 4.18. The van der Waals surface area contributed by atoms with Gasteiger partial charge in [-0.3, -0.25) is 4.98 Å². The van der Waals surface area contributed by atoms with E-state index in [1.54, 1.807) is 0 Å². The lowest BCUT2D eigenvalue weighted by atomic mass is 10.1. The molecule has 1 aromatic carbocycles. The maximum Gasteiger partial charge on any atom is 0.229 e. The lowest BCUT2D eigenvalue weighted by molar-refractivity contribution is 0.562. The first-order valence-electron chi connectivity index (χ1n) is 9.74. The molecule has 1 saturated heterocycles. The molecule has 28 heavy (non-hydrogen) atoms. The monoisotopic (exact) mass is 392 g/mol. The summed E-state index contributed by atoms with van der Waals surface area (Å²) in [5.41, 5.74) is 4.27. The Bertz CT molecular complexity index is 1020. The van der Waals surface area contributed by atoms with E-state index < -0.39 is 0 Å². The predicted molar refractivity (Wildman–Crippen MR) is 118 cm³/mol. The van der Waals surface area contributed by atoms with Gasteiger partial charge in [0.05, 0.1) is 24.1 Å². The highest BCUT2D eigenvalue weighted by atomic mass is 32.2. The molecular formula is C21H24N6S. The maximum absolute atomic E-state index is 4.92. The van der Waals surface area contributed by atoms with Crippen molar-refractivity contribution < 1.29 is 0 Å². The van der Waals surface area contributed by atoms with E-state index in [0.717, 1.165) is 40.3 Å². The molecule has 2 aromatic heterocycles. The Morgan fingerprint density at radius 2 is 2.04 bits per heavy atom. The van der Waals surface area contributed by atoms with Gasteiger partial charge >= 0.3 is 0 Å². The van der Waals surface area contributed by atoms with Crippen LogP contribution in [0.3, 0.4) is 0 Å². The molecule has 0 unspecified atom stereocenters. The average Bonchev–Trinajstić information content (AvgIpc) is 3.05. The number of nitrogens with zero attached hydrogens (tertiary/aromatic N) is 5. The number of anilines is 4. The third kappa shape index (κ3) is 3.13. The van der Waals surface area contributed by atoms with Crippen LogP contribution in [-0.2, 0) is 0 Å². The fraction of sp³-hybridized carbons (Fsp3) is 0.381. The number of aromatic nitrogens is 3. The van der Waals surface area contributed by atoms with Crippen LogP contribution in [0.1, 0.15) is 18.4 Å². The molecule has 1 N–H and O–H groups in total. The average molecular weight is 393 g/mol. The fourth-order valence-electron chi connectivity index (χ4n) is 4.04. The number of benzene rings is 1. The summed E-state index contributed by atoms with van der Waals surface area (Å²) in [6.07, 6.45) is 6.22. The lowest BCUT2D eigenvalue weighted by Crippen LogP contribution is -2.40. The van der Waals surface area contributed by atoms with Gasteiger partial charge < -0.3 is 15.1 Å². The van der Waals surface area contributed by atoms with E-state index in [-0.39, 0.29) is 0 Å². The van der Waals surface area contributed by atoms with Gasteiger partial charge in [-0.25, -0.2) is 4.98 Å². The van der Waals surface area contributed by atoms with Crippen LogP contribution in [0.2, 0.25) is 0 Å². The Labute approximate surface area is 169 Å². The highest BCUT2D eigenvalue weighted by Crippen LogP contribution is 2.38. The van der Waals surface area contributed by atoms with Gasteiger partial charge in [0.1, 0.15) is 0 Å². The number of aryl methyl sites for hydroxylation is 1. The van der Waals surface area contributed by atoms with Gasteiger partial charge in [0.25, 0.3) is 0 Å². The molecule has 1 fully saturated rings. The van der Waals surface area contributed by atoms with Crippen LogP contribution in [0, 0.1) is 6.92 Å². The molecule has 2 aliphatic rings. The van der Waals surface area contributed by atoms with Crippen LogP contribution in [0.4, 0.5) is 23.1 Å². The van der Waals surface area contributed by atoms with Crippen molar-refractivity contribution in [2.75, 3.05) is 40.3 Å². The van der Waals surface area contributed by atoms with Crippen molar-refractivity contribution in [2.45, 2.75) is 25.8 Å². The van der Waals surface area contributed by atoms with Crippen LogP contribution in [-0.4, -0.2) is 46.2 Å². The maximum atomic E-state index is 4.92. The topological polar surface area (TPSA) is 57.2 Å². The number of hydrogen-bond donors (Lipinski definition) is 1. The molecule has 0 saturated carbocycles. The zero-order valence-corrected chi connectivity index (χ0v) is 17.0. The Balaban J connectivity index is 1.46. The van der Waals surface area contributed by atoms with Crippen LogP contribution in [0.15, 0.2) is 36.7 Å². The minimum Gasteiger partial charge on any atom is -0.353 e.